The summed E-state index contributed by atoms with van der Waals surface area (Å²) in [6, 6.07) is 5.60. The van der Waals surface area contributed by atoms with Crippen molar-refractivity contribution in [2.45, 2.75) is 50.5 Å². The van der Waals surface area contributed by atoms with Gasteiger partial charge in [0.2, 0.25) is 5.91 Å². The fourth-order valence-corrected chi connectivity index (χ4v) is 3.26. The second-order valence-corrected chi connectivity index (χ2v) is 6.66. The second kappa shape index (κ2) is 8.97. The summed E-state index contributed by atoms with van der Waals surface area (Å²) in [4.78, 5) is 12.1. The van der Waals surface area contributed by atoms with Crippen LogP contribution < -0.4 is 11.1 Å². The van der Waals surface area contributed by atoms with E-state index < -0.39 is 0 Å². The predicted molar refractivity (Wildman–Crippen MR) is 95.0 cm³/mol. The average molecular weight is 366 g/mol. The van der Waals surface area contributed by atoms with Gasteiger partial charge in [-0.1, -0.05) is 42.1 Å². The number of nitrogens with one attached hydrogen (secondary N) is 1. The van der Waals surface area contributed by atoms with Crippen LogP contribution in [0.1, 0.15) is 44.1 Å². The van der Waals surface area contributed by atoms with Crippen LogP contribution in [0.5, 0.6) is 0 Å². The molecule has 0 saturated heterocycles. The molecule has 0 aliphatic heterocycles. The lowest BCUT2D eigenvalue weighted by molar-refractivity contribution is -0.123. The van der Waals surface area contributed by atoms with Gasteiger partial charge in [-0.25, -0.2) is 0 Å². The molecule has 1 saturated carbocycles. The van der Waals surface area contributed by atoms with Gasteiger partial charge in [-0.2, -0.15) is 0 Å². The summed E-state index contributed by atoms with van der Waals surface area (Å²) in [5.41, 5.74) is 6.78. The van der Waals surface area contributed by atoms with Crippen molar-refractivity contribution < 1.29 is 4.79 Å². The summed E-state index contributed by atoms with van der Waals surface area (Å²) >= 11 is 11.9. The van der Waals surface area contributed by atoms with Crippen LogP contribution in [-0.4, -0.2) is 18.0 Å². The minimum atomic E-state index is -0.152. The summed E-state index contributed by atoms with van der Waals surface area (Å²) < 4.78 is 0. The molecule has 1 fully saturated rings. The highest BCUT2D eigenvalue weighted by molar-refractivity contribution is 6.42. The van der Waals surface area contributed by atoms with E-state index in [1.165, 1.54) is 0 Å². The molecule has 0 unspecified atom stereocenters. The third-order valence-corrected chi connectivity index (χ3v) is 4.95. The van der Waals surface area contributed by atoms with E-state index in [2.05, 4.69) is 5.32 Å². The fourth-order valence-electron chi connectivity index (χ4n) is 2.94. The maximum Gasteiger partial charge on any atom is 0.220 e. The van der Waals surface area contributed by atoms with Crippen LogP contribution in [0, 0.1) is 0 Å². The molecule has 1 aliphatic rings. The van der Waals surface area contributed by atoms with Crippen LogP contribution in [0.15, 0.2) is 18.2 Å². The van der Waals surface area contributed by atoms with Gasteiger partial charge in [-0.15, -0.1) is 12.4 Å². The van der Waals surface area contributed by atoms with Crippen LogP contribution in [-0.2, 0) is 11.2 Å². The molecule has 6 heteroatoms. The van der Waals surface area contributed by atoms with Crippen LogP contribution in [0.3, 0.4) is 0 Å². The molecule has 3 N–H and O–H groups in total. The first-order valence-electron chi connectivity index (χ1n) is 7.50. The van der Waals surface area contributed by atoms with E-state index in [4.69, 9.17) is 28.9 Å². The normalized spacial score (nSPS) is 16.1. The van der Waals surface area contributed by atoms with Gasteiger partial charge in [0.25, 0.3) is 0 Å². The summed E-state index contributed by atoms with van der Waals surface area (Å²) in [7, 11) is 0. The first kappa shape index (κ1) is 19.6. The van der Waals surface area contributed by atoms with Gasteiger partial charge < -0.3 is 11.1 Å². The largest absolute Gasteiger partial charge is 0.349 e. The molecule has 22 heavy (non-hydrogen) atoms. The number of hydrogen-bond acceptors (Lipinski definition) is 2. The molecule has 0 atom stereocenters. The first-order valence-corrected chi connectivity index (χ1v) is 8.25. The number of aryl methyl sites for hydroxylation is 1. The lowest BCUT2D eigenvalue weighted by Crippen LogP contribution is -2.51. The molecule has 2 rings (SSSR count). The lowest BCUT2D eigenvalue weighted by Gasteiger charge is -2.28. The smallest absolute Gasteiger partial charge is 0.220 e. The lowest BCUT2D eigenvalue weighted by atomic mass is 9.97. The maximum atomic E-state index is 12.1. The molecular weight excluding hydrogens is 343 g/mol. The third-order valence-electron chi connectivity index (χ3n) is 4.21. The van der Waals surface area contributed by atoms with Crippen molar-refractivity contribution in [1.82, 2.24) is 5.32 Å². The van der Waals surface area contributed by atoms with Crippen molar-refractivity contribution in [3.05, 3.63) is 33.8 Å². The van der Waals surface area contributed by atoms with Crippen LogP contribution >= 0.6 is 35.6 Å². The highest BCUT2D eigenvalue weighted by atomic mass is 35.5. The highest BCUT2D eigenvalue weighted by Crippen LogP contribution is 2.28. The molecule has 0 aromatic heterocycles. The van der Waals surface area contributed by atoms with E-state index >= 15 is 0 Å². The van der Waals surface area contributed by atoms with Crippen molar-refractivity contribution in [3.8, 4) is 0 Å². The zero-order valence-corrected chi connectivity index (χ0v) is 14.9. The Morgan fingerprint density at radius 1 is 1.23 bits per heavy atom. The Hall–Kier alpha value is -0.480. The number of carbonyl (C=O) groups is 1. The van der Waals surface area contributed by atoms with E-state index in [1.807, 2.05) is 12.1 Å². The van der Waals surface area contributed by atoms with E-state index in [9.17, 15) is 4.79 Å². The summed E-state index contributed by atoms with van der Waals surface area (Å²) in [6.45, 7) is 0.533. The predicted octanol–water partition coefficient (Wildman–Crippen LogP) is 4.13. The SMILES string of the molecule is Cl.NCC1(NC(=O)CCCc2ccc(Cl)c(Cl)c2)CCCC1. The molecule has 0 bridgehead atoms. The van der Waals surface area contributed by atoms with Crippen molar-refractivity contribution in [1.29, 1.82) is 0 Å². The number of halogens is 3. The Bertz CT molecular complexity index is 502. The summed E-state index contributed by atoms with van der Waals surface area (Å²) in [5.74, 6) is 0.0995. The van der Waals surface area contributed by atoms with Crippen LogP contribution in [0.25, 0.3) is 0 Å². The van der Waals surface area contributed by atoms with Crippen molar-refractivity contribution in [2.24, 2.45) is 5.73 Å². The fraction of sp³-hybridized carbons (Fsp3) is 0.562. The van der Waals surface area contributed by atoms with Gasteiger partial charge in [-0.3, -0.25) is 4.79 Å². The molecule has 0 radical (unpaired) electrons. The topological polar surface area (TPSA) is 55.1 Å². The Kier molecular flexibility index (Phi) is 7.98. The monoisotopic (exact) mass is 364 g/mol. The third kappa shape index (κ3) is 5.31. The summed E-state index contributed by atoms with van der Waals surface area (Å²) in [6.07, 6.45) is 6.44. The van der Waals surface area contributed by atoms with Gasteiger partial charge in [0, 0.05) is 13.0 Å². The average Bonchev–Trinajstić information content (AvgIpc) is 2.92. The van der Waals surface area contributed by atoms with Crippen molar-refractivity contribution in [3.63, 3.8) is 0 Å². The van der Waals surface area contributed by atoms with E-state index in [0.717, 1.165) is 44.1 Å². The molecule has 0 spiro atoms. The minimum Gasteiger partial charge on any atom is -0.349 e. The van der Waals surface area contributed by atoms with E-state index in [-0.39, 0.29) is 23.9 Å². The zero-order valence-electron chi connectivity index (χ0n) is 12.5. The maximum absolute atomic E-state index is 12.1. The Labute approximate surface area is 148 Å². The van der Waals surface area contributed by atoms with E-state index in [1.54, 1.807) is 6.07 Å². The number of carbonyl (C=O) groups excluding carboxylic acids is 1. The molecule has 1 amide bonds. The Morgan fingerprint density at radius 2 is 1.91 bits per heavy atom. The van der Waals surface area contributed by atoms with Gasteiger partial charge in [0.15, 0.2) is 0 Å². The quantitative estimate of drug-likeness (QED) is 0.796. The molecule has 1 aliphatic carbocycles. The Morgan fingerprint density at radius 3 is 2.50 bits per heavy atom. The van der Waals surface area contributed by atoms with Gasteiger partial charge >= 0.3 is 0 Å². The second-order valence-electron chi connectivity index (χ2n) is 5.84. The Balaban J connectivity index is 0.00000242. The summed E-state index contributed by atoms with van der Waals surface area (Å²) in [5, 5.41) is 4.26. The van der Waals surface area contributed by atoms with Crippen LogP contribution in [0.4, 0.5) is 0 Å². The molecule has 1 aromatic carbocycles. The van der Waals surface area contributed by atoms with Gasteiger partial charge in [0.1, 0.15) is 0 Å². The zero-order chi connectivity index (χ0) is 15.3. The minimum absolute atomic E-state index is 0. The van der Waals surface area contributed by atoms with E-state index in [0.29, 0.717) is 23.0 Å². The number of hydrogen-bond donors (Lipinski definition) is 2. The molecule has 3 nitrogen and oxygen atoms in total. The van der Waals surface area contributed by atoms with Crippen LogP contribution in [0.2, 0.25) is 10.0 Å². The highest BCUT2D eigenvalue weighted by Gasteiger charge is 2.33. The number of amides is 1. The standard InChI is InChI=1S/C16H22Cl2N2O.ClH/c17-13-7-6-12(10-14(13)18)4-3-5-15(21)20-16(11-19)8-1-2-9-16;/h6-7,10H,1-5,8-9,11,19H2,(H,20,21);1H. The molecule has 0 heterocycles. The number of rotatable bonds is 6. The first-order chi connectivity index (χ1) is 10.0. The number of nitrogens with two attached hydrogens (primary N) is 1. The molecular formula is C16H23Cl3N2O. The molecule has 124 valence electrons. The van der Waals surface area contributed by atoms with Gasteiger partial charge in [0.05, 0.1) is 15.6 Å². The van der Waals surface area contributed by atoms with Crippen molar-refractivity contribution >= 4 is 41.5 Å². The van der Waals surface area contributed by atoms with Gasteiger partial charge in [-0.05, 0) is 43.4 Å². The number of benzene rings is 1. The van der Waals surface area contributed by atoms with Crippen molar-refractivity contribution in [2.75, 3.05) is 6.54 Å². The molecule has 1 aromatic rings.